The third-order valence-electron chi connectivity index (χ3n) is 3.56. The lowest BCUT2D eigenvalue weighted by molar-refractivity contribution is 0.0711. The molecule has 8 nitrogen and oxygen atoms in total. The van der Waals surface area contributed by atoms with Crippen LogP contribution in [0.15, 0.2) is 0 Å². The molecule has 146 valence electrons. The van der Waals surface area contributed by atoms with Crippen molar-refractivity contribution in [2.45, 2.75) is 26.4 Å². The number of hydrogen-bond acceptors (Lipinski definition) is 8. The second-order valence-electron chi connectivity index (χ2n) is 5.51. The van der Waals surface area contributed by atoms with Gasteiger partial charge < -0.3 is 27.7 Å². The molecule has 0 aliphatic rings. The van der Waals surface area contributed by atoms with Crippen LogP contribution in [-0.4, -0.2) is 78.0 Å². The van der Waals surface area contributed by atoms with Crippen molar-refractivity contribution in [2.24, 2.45) is 0 Å². The molecule has 0 amide bonds. The van der Waals surface area contributed by atoms with Crippen molar-refractivity contribution in [3.05, 3.63) is 0 Å². The van der Waals surface area contributed by atoms with Crippen molar-refractivity contribution >= 4 is 15.2 Å². The van der Waals surface area contributed by atoms with E-state index >= 15 is 0 Å². The Bertz CT molecular complexity index is 374. The molecule has 0 N–H and O–H groups in total. The van der Waals surface area contributed by atoms with Crippen LogP contribution in [0.25, 0.3) is 0 Å². The lowest BCUT2D eigenvalue weighted by Crippen LogP contribution is -2.32. The first-order valence-corrected chi connectivity index (χ1v) is 11.4. The first kappa shape index (κ1) is 24.2. The topological polar surface area (TPSA) is 83.5 Å². The lowest BCUT2D eigenvalue weighted by atomic mass is 10.4. The summed E-state index contributed by atoms with van der Waals surface area (Å²) in [6, 6.07) is 0. The Morgan fingerprint density at radius 3 is 1.54 bits per heavy atom. The molecule has 0 aromatic carbocycles. The molecule has 0 fully saturated rings. The van der Waals surface area contributed by atoms with Crippen molar-refractivity contribution in [3.63, 3.8) is 0 Å². The maximum Gasteiger partial charge on any atom is 0.331 e. The van der Waals surface area contributed by atoms with Crippen molar-refractivity contribution in [1.29, 1.82) is 0 Å². The molecular formula is C14H33NO7P2. The van der Waals surface area contributed by atoms with Crippen LogP contribution >= 0.6 is 15.2 Å². The number of hydrogen-bond donors (Lipinski definition) is 0. The van der Waals surface area contributed by atoms with E-state index in [1.807, 2.05) is 18.7 Å². The molecule has 0 rings (SSSR count). The van der Waals surface area contributed by atoms with E-state index in [0.717, 1.165) is 6.42 Å². The summed E-state index contributed by atoms with van der Waals surface area (Å²) in [5.74, 6) is 0. The summed E-state index contributed by atoms with van der Waals surface area (Å²) in [7, 11) is -0.664. The van der Waals surface area contributed by atoms with Crippen LogP contribution in [-0.2, 0) is 32.0 Å². The minimum absolute atomic E-state index is 0.183. The van der Waals surface area contributed by atoms with Gasteiger partial charge in [0.15, 0.2) is 0 Å². The van der Waals surface area contributed by atoms with Gasteiger partial charge in [0.1, 0.15) is 0 Å². The smallest absolute Gasteiger partial charge is 0.331 e. The summed E-state index contributed by atoms with van der Waals surface area (Å²) in [6.45, 7) is 6.31. The Labute approximate surface area is 146 Å². The summed E-state index contributed by atoms with van der Waals surface area (Å²) in [5.41, 5.74) is 0. The van der Waals surface area contributed by atoms with E-state index in [9.17, 15) is 9.13 Å². The minimum Gasteiger partial charge on any atom is -0.379 e. The van der Waals surface area contributed by atoms with Crippen LogP contribution in [0.5, 0.6) is 0 Å². The van der Waals surface area contributed by atoms with E-state index in [4.69, 9.17) is 22.8 Å². The van der Waals surface area contributed by atoms with Gasteiger partial charge in [-0.15, -0.1) is 0 Å². The molecule has 24 heavy (non-hydrogen) atoms. The summed E-state index contributed by atoms with van der Waals surface area (Å²) >= 11 is 0. The Balaban J connectivity index is 4.58. The van der Waals surface area contributed by atoms with E-state index in [2.05, 4.69) is 0 Å². The lowest BCUT2D eigenvalue weighted by Gasteiger charge is -2.25. The molecule has 0 saturated carbocycles. The van der Waals surface area contributed by atoms with Crippen LogP contribution in [0.2, 0.25) is 0 Å². The monoisotopic (exact) mass is 389 g/mol. The Morgan fingerprint density at radius 2 is 1.21 bits per heavy atom. The average molecular weight is 389 g/mol. The van der Waals surface area contributed by atoms with E-state index in [1.165, 1.54) is 28.4 Å². The molecule has 0 aromatic rings. The van der Waals surface area contributed by atoms with Crippen LogP contribution in [0, 0.1) is 0 Å². The maximum atomic E-state index is 12.2. The Kier molecular flexibility index (Phi) is 12.7. The Hall–Kier alpha value is 0.220. The fraction of sp³-hybridized carbons (Fsp3) is 1.00. The standard InChI is InChI=1S/C14H33NO7P2/c1-14(2)22-11-7-8-15(9-12-23(16,18-3)19-4)10-13-24(17,20-5)21-6/h14H,7-13H2,1-6H3. The van der Waals surface area contributed by atoms with Gasteiger partial charge >= 0.3 is 15.2 Å². The fourth-order valence-corrected chi connectivity index (χ4v) is 4.07. The summed E-state index contributed by atoms with van der Waals surface area (Å²) in [6.07, 6.45) is 1.51. The molecule has 10 heteroatoms. The molecule has 0 saturated heterocycles. The van der Waals surface area contributed by atoms with Gasteiger partial charge in [-0.2, -0.15) is 0 Å². The van der Waals surface area contributed by atoms with Crippen LogP contribution in [0.1, 0.15) is 20.3 Å². The zero-order valence-corrected chi connectivity index (χ0v) is 17.5. The third kappa shape index (κ3) is 10.3. The fourth-order valence-electron chi connectivity index (χ4n) is 1.98. The molecular weight excluding hydrogens is 356 g/mol. The SMILES string of the molecule is COP(=O)(CCN(CCCOC(C)C)CCP(=O)(OC)OC)OC. The van der Waals surface area contributed by atoms with Gasteiger partial charge in [0.25, 0.3) is 0 Å². The van der Waals surface area contributed by atoms with E-state index in [0.29, 0.717) is 26.2 Å². The van der Waals surface area contributed by atoms with E-state index in [1.54, 1.807) is 0 Å². The van der Waals surface area contributed by atoms with Crippen molar-refractivity contribution in [2.75, 3.05) is 67.0 Å². The van der Waals surface area contributed by atoms with Crippen molar-refractivity contribution in [1.82, 2.24) is 4.90 Å². The molecule has 0 radical (unpaired) electrons. The molecule has 0 unspecified atom stereocenters. The summed E-state index contributed by atoms with van der Waals surface area (Å²) in [5, 5.41) is 0. The second-order valence-corrected chi connectivity index (χ2v) is 10.3. The number of ether oxygens (including phenoxy) is 1. The maximum absolute atomic E-state index is 12.2. The van der Waals surface area contributed by atoms with Crippen molar-refractivity contribution in [3.8, 4) is 0 Å². The highest BCUT2D eigenvalue weighted by Crippen LogP contribution is 2.47. The normalized spacial score (nSPS) is 13.2. The van der Waals surface area contributed by atoms with Gasteiger partial charge in [-0.05, 0) is 20.3 Å². The molecule has 0 heterocycles. The Morgan fingerprint density at radius 1 is 0.792 bits per heavy atom. The van der Waals surface area contributed by atoms with E-state index in [-0.39, 0.29) is 18.4 Å². The van der Waals surface area contributed by atoms with E-state index < -0.39 is 15.2 Å². The average Bonchev–Trinajstić information content (AvgIpc) is 2.59. The zero-order valence-electron chi connectivity index (χ0n) is 15.7. The molecule has 0 spiro atoms. The van der Waals surface area contributed by atoms with Gasteiger partial charge in [0.2, 0.25) is 0 Å². The largest absolute Gasteiger partial charge is 0.379 e. The quantitative estimate of drug-likeness (QED) is 0.312. The third-order valence-corrected chi connectivity index (χ3v) is 7.28. The van der Waals surface area contributed by atoms with Gasteiger partial charge in [0, 0.05) is 54.7 Å². The summed E-state index contributed by atoms with van der Waals surface area (Å²) in [4.78, 5) is 2.04. The van der Waals surface area contributed by atoms with Crippen LogP contribution < -0.4 is 0 Å². The van der Waals surface area contributed by atoms with Gasteiger partial charge in [-0.1, -0.05) is 0 Å². The predicted molar refractivity (Wildman–Crippen MR) is 95.1 cm³/mol. The first-order chi connectivity index (χ1) is 11.2. The van der Waals surface area contributed by atoms with Crippen LogP contribution in [0.4, 0.5) is 0 Å². The first-order valence-electron chi connectivity index (χ1n) is 7.99. The predicted octanol–water partition coefficient (Wildman–Crippen LogP) is 3.08. The highest BCUT2D eigenvalue weighted by atomic mass is 31.2. The summed E-state index contributed by atoms with van der Waals surface area (Å²) < 4.78 is 49.7. The molecule has 0 bridgehead atoms. The van der Waals surface area contributed by atoms with Gasteiger partial charge in [-0.3, -0.25) is 9.13 Å². The van der Waals surface area contributed by atoms with Gasteiger partial charge in [-0.25, -0.2) is 0 Å². The minimum atomic E-state index is -3.07. The highest BCUT2D eigenvalue weighted by molar-refractivity contribution is 7.54. The molecule has 0 aromatic heterocycles. The number of rotatable bonds is 15. The molecule has 0 aliphatic heterocycles. The van der Waals surface area contributed by atoms with Crippen molar-refractivity contribution < 1.29 is 32.0 Å². The molecule has 0 atom stereocenters. The molecule has 0 aliphatic carbocycles. The highest BCUT2D eigenvalue weighted by Gasteiger charge is 2.25. The van der Waals surface area contributed by atoms with Crippen LogP contribution in [0.3, 0.4) is 0 Å². The number of nitrogens with zero attached hydrogens (tertiary/aromatic N) is 1. The zero-order chi connectivity index (χ0) is 18.6. The second kappa shape index (κ2) is 12.6. The van der Waals surface area contributed by atoms with Gasteiger partial charge in [0.05, 0.1) is 18.4 Å².